The van der Waals surface area contributed by atoms with Crippen LogP contribution in [0.3, 0.4) is 0 Å². The van der Waals surface area contributed by atoms with Gasteiger partial charge in [-0.1, -0.05) is 37.3 Å². The molecule has 0 saturated carbocycles. The Balaban J connectivity index is 2.13. The number of hydrogen-bond donors (Lipinski definition) is 0. The summed E-state index contributed by atoms with van der Waals surface area (Å²) in [7, 11) is 3.00. The Hall–Kier alpha value is -4.00. The molecule has 5 aromatic rings. The van der Waals surface area contributed by atoms with Crippen molar-refractivity contribution >= 4 is 32.8 Å². The highest BCUT2D eigenvalue weighted by molar-refractivity contribution is 6.06. The van der Waals surface area contributed by atoms with Gasteiger partial charge in [-0.3, -0.25) is 23.3 Å². The number of fused-ring (bicyclic) bond motifs is 4. The van der Waals surface area contributed by atoms with Crippen LogP contribution >= 0.6 is 0 Å². The first kappa shape index (κ1) is 19.0. The number of nitrogens with zero attached hydrogens (tertiary/aromatic N) is 4. The van der Waals surface area contributed by atoms with Crippen molar-refractivity contribution in [3.05, 3.63) is 91.4 Å². The molecule has 3 heterocycles. The quantitative estimate of drug-likeness (QED) is 0.330. The van der Waals surface area contributed by atoms with Crippen molar-refractivity contribution in [2.75, 3.05) is 0 Å². The molecule has 0 saturated heterocycles. The van der Waals surface area contributed by atoms with Gasteiger partial charge in [-0.15, -0.1) is 0 Å². The number of aryl methyl sites for hydroxylation is 2. The molecule has 3 aromatic heterocycles. The molecule has 2 aromatic carbocycles. The van der Waals surface area contributed by atoms with Crippen molar-refractivity contribution in [1.29, 1.82) is 0 Å². The maximum atomic E-state index is 13.7. The summed E-state index contributed by atoms with van der Waals surface area (Å²) in [5.74, 6) is 0. The van der Waals surface area contributed by atoms with Gasteiger partial charge in [-0.25, -0.2) is 9.78 Å². The largest absolute Gasteiger partial charge is 0.332 e. The molecule has 7 heteroatoms. The maximum Gasteiger partial charge on any atom is 0.332 e. The van der Waals surface area contributed by atoms with Crippen molar-refractivity contribution < 1.29 is 0 Å². The molecule has 154 valence electrons. The lowest BCUT2D eigenvalue weighted by molar-refractivity contribution is 0.700. The molecule has 0 bridgehead atoms. The SMILES string of the molecule is CCc1ccc2cc3c(=O)n(-c4ccccc4)c4c(c(=O)n(C)c(=O)n4C)c3nc2c1. The summed E-state index contributed by atoms with van der Waals surface area (Å²) in [5, 5.41) is 1.40. The van der Waals surface area contributed by atoms with Gasteiger partial charge in [0.1, 0.15) is 11.0 Å². The lowest BCUT2D eigenvalue weighted by atomic mass is 10.1. The van der Waals surface area contributed by atoms with E-state index in [4.69, 9.17) is 4.98 Å². The Labute approximate surface area is 176 Å². The summed E-state index contributed by atoms with van der Waals surface area (Å²) in [6.07, 6.45) is 0.849. The Morgan fingerprint density at radius 2 is 1.61 bits per heavy atom. The molecule has 5 rings (SSSR count). The van der Waals surface area contributed by atoms with Crippen LogP contribution in [-0.2, 0) is 20.5 Å². The zero-order valence-corrected chi connectivity index (χ0v) is 17.4. The first-order valence-electron chi connectivity index (χ1n) is 10.1. The Morgan fingerprint density at radius 3 is 2.32 bits per heavy atom. The molecule has 0 spiro atoms. The van der Waals surface area contributed by atoms with E-state index in [0.717, 1.165) is 21.9 Å². The topological polar surface area (TPSA) is 78.9 Å². The normalized spacial score (nSPS) is 11.6. The second kappa shape index (κ2) is 6.77. The van der Waals surface area contributed by atoms with Gasteiger partial charge in [0.25, 0.3) is 11.1 Å². The summed E-state index contributed by atoms with van der Waals surface area (Å²) in [5.41, 5.74) is 1.62. The van der Waals surface area contributed by atoms with Crippen molar-refractivity contribution in [3.8, 4) is 5.69 Å². The number of rotatable bonds is 2. The lowest BCUT2D eigenvalue weighted by Gasteiger charge is -2.16. The van der Waals surface area contributed by atoms with Crippen LogP contribution < -0.4 is 16.8 Å². The van der Waals surface area contributed by atoms with Crippen LogP contribution in [0.4, 0.5) is 0 Å². The molecule has 0 atom stereocenters. The van der Waals surface area contributed by atoms with E-state index in [-0.39, 0.29) is 16.6 Å². The minimum Gasteiger partial charge on any atom is -0.281 e. The van der Waals surface area contributed by atoms with E-state index < -0.39 is 11.2 Å². The second-order valence-corrected chi connectivity index (χ2v) is 7.65. The molecule has 0 amide bonds. The first-order valence-corrected chi connectivity index (χ1v) is 10.1. The van der Waals surface area contributed by atoms with E-state index in [1.807, 2.05) is 36.4 Å². The lowest BCUT2D eigenvalue weighted by Crippen LogP contribution is -2.39. The molecular weight excluding hydrogens is 392 g/mol. The van der Waals surface area contributed by atoms with Gasteiger partial charge in [-0.05, 0) is 36.2 Å². The highest BCUT2D eigenvalue weighted by Crippen LogP contribution is 2.24. The van der Waals surface area contributed by atoms with Crippen molar-refractivity contribution in [3.63, 3.8) is 0 Å². The minimum atomic E-state index is -0.505. The number of aromatic nitrogens is 4. The molecule has 0 aliphatic rings. The van der Waals surface area contributed by atoms with Crippen LogP contribution in [0.1, 0.15) is 12.5 Å². The summed E-state index contributed by atoms with van der Waals surface area (Å²) in [4.78, 5) is 44.4. The van der Waals surface area contributed by atoms with Gasteiger partial charge < -0.3 is 0 Å². The fraction of sp³-hybridized carbons (Fsp3) is 0.167. The molecule has 0 N–H and O–H groups in total. The van der Waals surface area contributed by atoms with Crippen LogP contribution in [0.5, 0.6) is 0 Å². The summed E-state index contributed by atoms with van der Waals surface area (Å²) < 4.78 is 3.81. The minimum absolute atomic E-state index is 0.232. The van der Waals surface area contributed by atoms with Crippen molar-refractivity contribution in [1.82, 2.24) is 18.7 Å². The predicted molar refractivity (Wildman–Crippen MR) is 122 cm³/mol. The Morgan fingerprint density at radius 1 is 0.871 bits per heavy atom. The highest BCUT2D eigenvalue weighted by atomic mass is 16.2. The summed E-state index contributed by atoms with van der Waals surface area (Å²) in [6, 6.07) is 16.7. The average Bonchev–Trinajstić information content (AvgIpc) is 2.80. The third kappa shape index (κ3) is 2.66. The molecule has 31 heavy (non-hydrogen) atoms. The molecule has 0 aliphatic carbocycles. The van der Waals surface area contributed by atoms with Crippen LogP contribution in [0.15, 0.2) is 69.0 Å². The predicted octanol–water partition coefficient (Wildman–Crippen LogP) is 2.65. The van der Waals surface area contributed by atoms with Crippen molar-refractivity contribution in [2.24, 2.45) is 14.1 Å². The fourth-order valence-electron chi connectivity index (χ4n) is 4.12. The van der Waals surface area contributed by atoms with Crippen molar-refractivity contribution in [2.45, 2.75) is 13.3 Å². The van der Waals surface area contributed by atoms with E-state index in [2.05, 4.69) is 6.92 Å². The van der Waals surface area contributed by atoms with Gasteiger partial charge in [0, 0.05) is 19.5 Å². The Kier molecular flexibility index (Phi) is 4.15. The van der Waals surface area contributed by atoms with Gasteiger partial charge in [-0.2, -0.15) is 0 Å². The molecule has 0 unspecified atom stereocenters. The summed E-state index contributed by atoms with van der Waals surface area (Å²) >= 11 is 0. The second-order valence-electron chi connectivity index (χ2n) is 7.65. The number of benzene rings is 2. The average molecular weight is 412 g/mol. The molecule has 0 radical (unpaired) electrons. The van der Waals surface area contributed by atoms with Gasteiger partial charge >= 0.3 is 5.69 Å². The van der Waals surface area contributed by atoms with E-state index in [9.17, 15) is 14.4 Å². The van der Waals surface area contributed by atoms with E-state index in [0.29, 0.717) is 22.1 Å². The van der Waals surface area contributed by atoms with Crippen LogP contribution in [0, 0.1) is 0 Å². The number of hydrogen-bond acceptors (Lipinski definition) is 4. The molecular formula is C24H20N4O3. The number of para-hydroxylation sites is 1. The highest BCUT2D eigenvalue weighted by Gasteiger charge is 2.21. The smallest absolute Gasteiger partial charge is 0.281 e. The van der Waals surface area contributed by atoms with E-state index >= 15 is 0 Å². The molecule has 0 fully saturated rings. The monoisotopic (exact) mass is 412 g/mol. The van der Waals surface area contributed by atoms with Crippen LogP contribution in [-0.4, -0.2) is 18.7 Å². The third-order valence-corrected chi connectivity index (χ3v) is 5.82. The Bertz CT molecular complexity index is 1690. The fourth-order valence-corrected chi connectivity index (χ4v) is 4.12. The third-order valence-electron chi connectivity index (χ3n) is 5.82. The van der Waals surface area contributed by atoms with Gasteiger partial charge in [0.2, 0.25) is 0 Å². The van der Waals surface area contributed by atoms with Crippen LogP contribution in [0.25, 0.3) is 38.5 Å². The van der Waals surface area contributed by atoms with Crippen LogP contribution in [0.2, 0.25) is 0 Å². The van der Waals surface area contributed by atoms with E-state index in [1.54, 1.807) is 25.2 Å². The molecule has 0 aliphatic heterocycles. The maximum absolute atomic E-state index is 13.7. The first-order chi connectivity index (χ1) is 14.9. The van der Waals surface area contributed by atoms with E-state index in [1.165, 1.54) is 16.2 Å². The zero-order chi connectivity index (χ0) is 21.9. The summed E-state index contributed by atoms with van der Waals surface area (Å²) in [6.45, 7) is 2.06. The van der Waals surface area contributed by atoms with Gasteiger partial charge in [0.05, 0.1) is 22.1 Å². The van der Waals surface area contributed by atoms with Gasteiger partial charge in [0.15, 0.2) is 0 Å². The molecule has 7 nitrogen and oxygen atoms in total. The standard InChI is InChI=1S/C24H20N4O3/c1-4-14-10-11-15-13-17-20(25-18(15)12-14)19-21(26(2)24(31)27(3)23(19)30)28(22(17)29)16-8-6-5-7-9-16/h5-13H,4H2,1-3H3. The number of pyridine rings is 2. The zero-order valence-electron chi connectivity index (χ0n) is 17.4.